The highest BCUT2D eigenvalue weighted by Gasteiger charge is 2.33. The number of likely N-dealkylation sites (tertiary alicyclic amines) is 1. The van der Waals surface area contributed by atoms with Gasteiger partial charge in [0.05, 0.1) is 6.07 Å². The van der Waals surface area contributed by atoms with Crippen molar-refractivity contribution in [3.63, 3.8) is 0 Å². The average molecular weight is 243 g/mol. The molecular formula is C15H21N3. The minimum atomic E-state index is 0.231. The Morgan fingerprint density at radius 2 is 2.17 bits per heavy atom. The van der Waals surface area contributed by atoms with Crippen LogP contribution in [0.4, 0.5) is 0 Å². The minimum Gasteiger partial charge on any atom is -0.294 e. The van der Waals surface area contributed by atoms with E-state index < -0.39 is 0 Å². The number of nitrogens with zero attached hydrogens (tertiary/aromatic N) is 3. The summed E-state index contributed by atoms with van der Waals surface area (Å²) in [6.45, 7) is 6.59. The van der Waals surface area contributed by atoms with Crippen molar-refractivity contribution < 1.29 is 0 Å². The van der Waals surface area contributed by atoms with Gasteiger partial charge in [-0.25, -0.2) is 0 Å². The molecule has 1 fully saturated rings. The van der Waals surface area contributed by atoms with Gasteiger partial charge >= 0.3 is 0 Å². The number of aromatic nitrogens is 1. The van der Waals surface area contributed by atoms with Crippen LogP contribution < -0.4 is 0 Å². The highest BCUT2D eigenvalue weighted by molar-refractivity contribution is 5.10. The van der Waals surface area contributed by atoms with Crippen molar-refractivity contribution in [2.45, 2.75) is 45.2 Å². The summed E-state index contributed by atoms with van der Waals surface area (Å²) in [5.74, 6) is 0.532. The van der Waals surface area contributed by atoms with Crippen molar-refractivity contribution in [1.29, 1.82) is 5.26 Å². The number of hydrogen-bond acceptors (Lipinski definition) is 3. The van der Waals surface area contributed by atoms with E-state index >= 15 is 0 Å². The van der Waals surface area contributed by atoms with Crippen LogP contribution in [0.1, 0.15) is 38.7 Å². The van der Waals surface area contributed by atoms with Gasteiger partial charge in [0.15, 0.2) is 0 Å². The summed E-state index contributed by atoms with van der Waals surface area (Å²) in [5.41, 5.74) is 1.53. The highest BCUT2D eigenvalue weighted by atomic mass is 15.2. The van der Waals surface area contributed by atoms with E-state index in [1.165, 1.54) is 18.4 Å². The summed E-state index contributed by atoms with van der Waals surface area (Å²) < 4.78 is 0. The van der Waals surface area contributed by atoms with Gasteiger partial charge in [-0.3, -0.25) is 9.88 Å². The maximum atomic E-state index is 8.85. The molecule has 2 heterocycles. The number of hydrogen-bond donors (Lipinski definition) is 0. The van der Waals surface area contributed by atoms with Crippen LogP contribution >= 0.6 is 0 Å². The van der Waals surface area contributed by atoms with E-state index in [2.05, 4.69) is 41.9 Å². The van der Waals surface area contributed by atoms with E-state index in [4.69, 9.17) is 5.26 Å². The first kappa shape index (κ1) is 13.0. The Morgan fingerprint density at radius 3 is 2.83 bits per heavy atom. The molecule has 18 heavy (non-hydrogen) atoms. The van der Waals surface area contributed by atoms with Gasteiger partial charge in [0.2, 0.25) is 0 Å². The van der Waals surface area contributed by atoms with Crippen molar-refractivity contribution in [3.8, 4) is 6.07 Å². The van der Waals surface area contributed by atoms with Crippen molar-refractivity contribution in [3.05, 3.63) is 30.1 Å². The van der Waals surface area contributed by atoms with E-state index in [1.54, 1.807) is 0 Å². The second-order valence-electron chi connectivity index (χ2n) is 5.82. The monoisotopic (exact) mass is 243 g/mol. The zero-order valence-corrected chi connectivity index (χ0v) is 11.3. The van der Waals surface area contributed by atoms with Crippen LogP contribution in [0.3, 0.4) is 0 Å². The van der Waals surface area contributed by atoms with Gasteiger partial charge in [-0.1, -0.05) is 0 Å². The molecule has 0 N–H and O–H groups in total. The number of pyridine rings is 1. The van der Waals surface area contributed by atoms with Gasteiger partial charge in [-0.05, 0) is 50.3 Å². The van der Waals surface area contributed by atoms with Crippen LogP contribution in [0.2, 0.25) is 0 Å². The molecule has 0 aromatic carbocycles. The molecule has 3 heteroatoms. The molecule has 0 saturated carbocycles. The summed E-state index contributed by atoms with van der Waals surface area (Å²) in [7, 11) is 0. The van der Waals surface area contributed by atoms with Gasteiger partial charge < -0.3 is 0 Å². The summed E-state index contributed by atoms with van der Waals surface area (Å²) in [4.78, 5) is 6.57. The molecule has 0 amide bonds. The van der Waals surface area contributed by atoms with Crippen LogP contribution in [0.5, 0.6) is 0 Å². The highest BCUT2D eigenvalue weighted by Crippen LogP contribution is 2.32. The van der Waals surface area contributed by atoms with E-state index in [0.717, 1.165) is 13.1 Å². The third kappa shape index (κ3) is 3.08. The quantitative estimate of drug-likeness (QED) is 0.819. The number of rotatable bonds is 3. The Kier molecular flexibility index (Phi) is 3.98. The summed E-state index contributed by atoms with van der Waals surface area (Å²) in [5, 5.41) is 8.85. The largest absolute Gasteiger partial charge is 0.294 e. The van der Waals surface area contributed by atoms with Crippen LogP contribution in [-0.4, -0.2) is 22.0 Å². The predicted molar refractivity (Wildman–Crippen MR) is 71.7 cm³/mol. The number of piperidine rings is 1. The molecule has 0 spiro atoms. The van der Waals surface area contributed by atoms with Gasteiger partial charge in [0.1, 0.15) is 0 Å². The Bertz CT molecular complexity index is 419. The zero-order valence-electron chi connectivity index (χ0n) is 11.3. The first-order chi connectivity index (χ1) is 8.62. The molecular weight excluding hydrogens is 222 g/mol. The van der Waals surface area contributed by atoms with Crippen molar-refractivity contribution in [2.24, 2.45) is 5.92 Å². The van der Waals surface area contributed by atoms with Crippen molar-refractivity contribution >= 4 is 0 Å². The van der Waals surface area contributed by atoms with E-state index in [9.17, 15) is 0 Å². The standard InChI is InChI=1S/C15H21N3/c1-15(2)7-3-13(4-8-16)11-18(15)12-14-5-9-17-10-6-14/h5-6,9-10,13H,3-4,7,11-12H2,1-2H3. The minimum absolute atomic E-state index is 0.231. The predicted octanol–water partition coefficient (Wildman–Crippen LogP) is 2.99. The molecule has 1 unspecified atom stereocenters. The fourth-order valence-corrected chi connectivity index (χ4v) is 2.65. The second kappa shape index (κ2) is 5.49. The lowest BCUT2D eigenvalue weighted by atomic mass is 9.83. The molecule has 1 aliphatic heterocycles. The Hall–Kier alpha value is -1.40. The first-order valence-electron chi connectivity index (χ1n) is 6.63. The van der Waals surface area contributed by atoms with E-state index in [-0.39, 0.29) is 5.54 Å². The van der Waals surface area contributed by atoms with E-state index in [1.807, 2.05) is 12.4 Å². The Balaban J connectivity index is 2.06. The SMILES string of the molecule is CC1(C)CCC(CC#N)CN1Cc1ccncc1. The van der Waals surface area contributed by atoms with Crippen LogP contribution in [0.25, 0.3) is 0 Å². The fourth-order valence-electron chi connectivity index (χ4n) is 2.65. The molecule has 1 saturated heterocycles. The molecule has 3 nitrogen and oxygen atoms in total. The normalized spacial score (nSPS) is 23.5. The second-order valence-corrected chi connectivity index (χ2v) is 5.82. The average Bonchev–Trinajstić information content (AvgIpc) is 2.35. The molecule has 1 aromatic heterocycles. The smallest absolute Gasteiger partial charge is 0.0625 e. The number of nitriles is 1. The van der Waals surface area contributed by atoms with Crippen LogP contribution in [-0.2, 0) is 6.54 Å². The molecule has 0 aliphatic carbocycles. The molecule has 0 radical (unpaired) electrons. The van der Waals surface area contributed by atoms with Crippen molar-refractivity contribution in [1.82, 2.24) is 9.88 Å². The Morgan fingerprint density at radius 1 is 1.44 bits per heavy atom. The van der Waals surface area contributed by atoms with Gasteiger partial charge in [-0.15, -0.1) is 0 Å². The molecule has 0 bridgehead atoms. The third-order valence-corrected chi connectivity index (χ3v) is 4.00. The molecule has 1 aromatic rings. The third-order valence-electron chi connectivity index (χ3n) is 4.00. The maximum Gasteiger partial charge on any atom is 0.0625 e. The van der Waals surface area contributed by atoms with Gasteiger partial charge in [0.25, 0.3) is 0 Å². The van der Waals surface area contributed by atoms with Crippen LogP contribution in [0.15, 0.2) is 24.5 Å². The molecule has 2 rings (SSSR count). The Labute approximate surface area is 109 Å². The zero-order chi connectivity index (χ0) is 13.0. The lowest BCUT2D eigenvalue weighted by Crippen LogP contribution is -2.49. The molecule has 1 aliphatic rings. The summed E-state index contributed by atoms with van der Waals surface area (Å²) >= 11 is 0. The van der Waals surface area contributed by atoms with Gasteiger partial charge in [0, 0.05) is 37.4 Å². The molecule has 96 valence electrons. The van der Waals surface area contributed by atoms with E-state index in [0.29, 0.717) is 12.3 Å². The summed E-state index contributed by atoms with van der Waals surface area (Å²) in [6.07, 6.45) is 6.72. The molecule has 1 atom stereocenters. The topological polar surface area (TPSA) is 39.9 Å². The fraction of sp³-hybridized carbons (Fsp3) is 0.600. The maximum absolute atomic E-state index is 8.85. The first-order valence-corrected chi connectivity index (χ1v) is 6.63. The lowest BCUT2D eigenvalue weighted by molar-refractivity contribution is 0.0391. The van der Waals surface area contributed by atoms with Crippen molar-refractivity contribution in [2.75, 3.05) is 6.54 Å². The van der Waals surface area contributed by atoms with Gasteiger partial charge in [-0.2, -0.15) is 5.26 Å². The van der Waals surface area contributed by atoms with Crippen LogP contribution in [0, 0.1) is 17.2 Å². The summed E-state index contributed by atoms with van der Waals surface area (Å²) in [6, 6.07) is 6.46. The lowest BCUT2D eigenvalue weighted by Gasteiger charge is -2.45.